The van der Waals surface area contributed by atoms with Crippen molar-refractivity contribution in [2.24, 2.45) is 0 Å². The van der Waals surface area contributed by atoms with E-state index in [1.165, 1.54) is 14.0 Å². The zero-order valence-corrected chi connectivity index (χ0v) is 15.9. The predicted molar refractivity (Wildman–Crippen MR) is 86.0 cm³/mol. The summed E-state index contributed by atoms with van der Waals surface area (Å²) in [6, 6.07) is -0.293. The van der Waals surface area contributed by atoms with Crippen LogP contribution in [0.2, 0.25) is 4.34 Å². The molecule has 1 aliphatic carbocycles. The minimum Gasteiger partial charge on any atom is -0.468 e. The first-order valence-corrected chi connectivity index (χ1v) is 11.1. The van der Waals surface area contributed by atoms with Crippen LogP contribution in [0.4, 0.5) is 0 Å². The van der Waals surface area contributed by atoms with Crippen LogP contribution in [0.3, 0.4) is 0 Å². The summed E-state index contributed by atoms with van der Waals surface area (Å²) in [6.07, 6.45) is 2.23. The molecule has 0 saturated heterocycles. The Hall–Kier alpha value is -0.680. The van der Waals surface area contributed by atoms with Gasteiger partial charge in [0.25, 0.3) is 0 Å². The van der Waals surface area contributed by atoms with Gasteiger partial charge in [-0.1, -0.05) is 11.6 Å². The molecule has 0 spiro atoms. The largest absolute Gasteiger partial charge is 0.468 e. The molecule has 1 aromatic rings. The van der Waals surface area contributed by atoms with Gasteiger partial charge in [-0.3, -0.25) is 4.79 Å². The van der Waals surface area contributed by atoms with Gasteiger partial charge in [0, 0.05) is 12.3 Å². The number of halogens is 1. The summed E-state index contributed by atoms with van der Waals surface area (Å²) >= 11 is 6.63. The number of esters is 1. The molecule has 1 atom stereocenters. The average Bonchev–Trinajstić information content (AvgIpc) is 3.16. The lowest BCUT2D eigenvalue weighted by molar-refractivity contribution is -0.144. The van der Waals surface area contributed by atoms with Crippen LogP contribution in [0, 0.1) is 0 Å². The number of methoxy groups -OCH3 is 1. The number of rotatable bonds is 6. The summed E-state index contributed by atoms with van der Waals surface area (Å²) in [7, 11) is -6.52. The van der Waals surface area contributed by atoms with Crippen molar-refractivity contribution < 1.29 is 26.4 Å². The molecule has 0 radical (unpaired) electrons. The number of carbonyl (C=O) groups excluding carboxylic acids is 1. The highest BCUT2D eigenvalue weighted by Gasteiger charge is 2.45. The van der Waals surface area contributed by atoms with Gasteiger partial charge in [-0.05, 0) is 25.8 Å². The Bertz CT molecular complexity index is 825. The fourth-order valence-corrected chi connectivity index (χ4v) is 6.95. The lowest BCUT2D eigenvalue weighted by Gasteiger charge is -2.26. The van der Waals surface area contributed by atoms with E-state index in [2.05, 4.69) is 4.74 Å². The maximum atomic E-state index is 12.9. The summed E-state index contributed by atoms with van der Waals surface area (Å²) in [5.41, 5.74) is 0. The lowest BCUT2D eigenvalue weighted by Crippen LogP contribution is -2.45. The molecular weight excluding hydrogens is 386 g/mol. The molecule has 0 amide bonds. The third-order valence-electron chi connectivity index (χ3n) is 3.38. The van der Waals surface area contributed by atoms with Crippen molar-refractivity contribution in [3.8, 4) is 0 Å². The summed E-state index contributed by atoms with van der Waals surface area (Å²) in [5, 5.41) is 0. The fourth-order valence-electron chi connectivity index (χ4n) is 2.13. The Balaban J connectivity index is 2.51. The number of carbonyl (C=O) groups is 1. The molecule has 130 valence electrons. The van der Waals surface area contributed by atoms with E-state index in [9.17, 15) is 21.6 Å². The third-order valence-corrected chi connectivity index (χ3v) is 8.83. The normalized spacial score (nSPS) is 17.3. The van der Waals surface area contributed by atoms with Crippen molar-refractivity contribution >= 4 is 48.8 Å². The van der Waals surface area contributed by atoms with E-state index < -0.39 is 31.9 Å². The van der Waals surface area contributed by atoms with Gasteiger partial charge in [0.05, 0.1) is 7.11 Å². The second-order valence-corrected chi connectivity index (χ2v) is 10.9. The number of hydrogen-bond acceptors (Lipinski definition) is 7. The van der Waals surface area contributed by atoms with Gasteiger partial charge < -0.3 is 4.74 Å². The zero-order valence-electron chi connectivity index (χ0n) is 12.6. The molecule has 0 aromatic carbocycles. The van der Waals surface area contributed by atoms with Crippen LogP contribution >= 0.6 is 22.9 Å². The van der Waals surface area contributed by atoms with Crippen LogP contribution in [0.15, 0.2) is 15.2 Å². The van der Waals surface area contributed by atoms with Crippen molar-refractivity contribution in [1.82, 2.24) is 4.31 Å². The second kappa shape index (κ2) is 6.32. The number of sulfonamides is 1. The Morgan fingerprint density at radius 3 is 2.35 bits per heavy atom. The van der Waals surface area contributed by atoms with Gasteiger partial charge in [0.1, 0.15) is 19.5 Å². The zero-order chi connectivity index (χ0) is 17.6. The van der Waals surface area contributed by atoms with Crippen LogP contribution < -0.4 is 0 Å². The lowest BCUT2D eigenvalue weighted by atomic mass is 10.3. The molecule has 1 aliphatic rings. The molecule has 1 saturated carbocycles. The molecule has 7 nitrogen and oxygen atoms in total. The van der Waals surface area contributed by atoms with Crippen molar-refractivity contribution in [1.29, 1.82) is 0 Å². The molecule has 1 heterocycles. The molecule has 11 heteroatoms. The SMILES string of the molecule is COC(=O)C(C)N(C1CC1)S(=O)(=O)c1cc(S(C)(=O)=O)sc1Cl. The van der Waals surface area contributed by atoms with Crippen LogP contribution in [0.5, 0.6) is 0 Å². The molecular formula is C12H16ClNO6S3. The van der Waals surface area contributed by atoms with Crippen molar-refractivity contribution in [3.05, 3.63) is 10.4 Å². The standard InChI is InChI=1S/C12H16ClNO6S3/c1-7(12(15)20-2)14(8-4-5-8)23(18,19)9-6-10(21-11(9)13)22(3,16)17/h6-8H,4-5H2,1-3H3. The van der Waals surface area contributed by atoms with E-state index in [1.807, 2.05) is 0 Å². The van der Waals surface area contributed by atoms with Crippen molar-refractivity contribution in [2.75, 3.05) is 13.4 Å². The molecule has 0 N–H and O–H groups in total. The number of thiophene rings is 1. The first-order chi connectivity index (χ1) is 10.5. The summed E-state index contributed by atoms with van der Waals surface area (Å²) in [5.74, 6) is -0.685. The first kappa shape index (κ1) is 18.7. The average molecular weight is 402 g/mol. The van der Waals surface area contributed by atoms with Gasteiger partial charge in [-0.15, -0.1) is 11.3 Å². The van der Waals surface area contributed by atoms with Crippen LogP contribution in [0.1, 0.15) is 19.8 Å². The fraction of sp³-hybridized carbons (Fsp3) is 0.583. The number of hydrogen-bond donors (Lipinski definition) is 0. The number of nitrogens with zero attached hydrogens (tertiary/aromatic N) is 1. The predicted octanol–water partition coefficient (Wildman–Crippen LogP) is 1.52. The molecule has 0 bridgehead atoms. The minimum absolute atomic E-state index is 0.137. The molecule has 1 aromatic heterocycles. The van der Waals surface area contributed by atoms with Crippen LogP contribution in [0.25, 0.3) is 0 Å². The topological polar surface area (TPSA) is 97.8 Å². The Kier molecular flexibility index (Phi) is 5.13. The monoisotopic (exact) mass is 401 g/mol. The molecule has 2 rings (SSSR count). The number of ether oxygens (including phenoxy) is 1. The van der Waals surface area contributed by atoms with Crippen LogP contribution in [-0.2, 0) is 29.4 Å². The van der Waals surface area contributed by atoms with Gasteiger partial charge in [0.15, 0.2) is 9.84 Å². The van der Waals surface area contributed by atoms with E-state index in [4.69, 9.17) is 11.6 Å². The van der Waals surface area contributed by atoms with E-state index in [-0.39, 0.29) is 19.5 Å². The van der Waals surface area contributed by atoms with E-state index in [0.29, 0.717) is 24.2 Å². The highest BCUT2D eigenvalue weighted by Crippen LogP contribution is 2.40. The highest BCUT2D eigenvalue weighted by atomic mass is 35.5. The van der Waals surface area contributed by atoms with E-state index in [0.717, 1.165) is 16.6 Å². The first-order valence-electron chi connectivity index (χ1n) is 6.61. The quantitative estimate of drug-likeness (QED) is 0.670. The number of sulfone groups is 1. The second-order valence-electron chi connectivity index (χ2n) is 5.24. The van der Waals surface area contributed by atoms with Gasteiger partial charge in [0.2, 0.25) is 10.0 Å². The maximum Gasteiger partial charge on any atom is 0.323 e. The highest BCUT2D eigenvalue weighted by molar-refractivity contribution is 7.93. The Morgan fingerprint density at radius 2 is 1.96 bits per heavy atom. The van der Waals surface area contributed by atoms with Gasteiger partial charge in [-0.25, -0.2) is 16.8 Å². The van der Waals surface area contributed by atoms with Crippen molar-refractivity contribution in [2.45, 2.75) is 41.0 Å². The summed E-state index contributed by atoms with van der Waals surface area (Å²) in [6.45, 7) is 1.43. The smallest absolute Gasteiger partial charge is 0.323 e. The van der Waals surface area contributed by atoms with Crippen LogP contribution in [-0.4, -0.2) is 52.6 Å². The van der Waals surface area contributed by atoms with E-state index >= 15 is 0 Å². The molecule has 0 aliphatic heterocycles. The summed E-state index contributed by atoms with van der Waals surface area (Å²) < 4.78 is 54.4. The molecule has 23 heavy (non-hydrogen) atoms. The van der Waals surface area contributed by atoms with Gasteiger partial charge >= 0.3 is 5.97 Å². The van der Waals surface area contributed by atoms with Crippen molar-refractivity contribution in [3.63, 3.8) is 0 Å². The van der Waals surface area contributed by atoms with Gasteiger partial charge in [-0.2, -0.15) is 4.31 Å². The summed E-state index contributed by atoms with van der Waals surface area (Å²) in [4.78, 5) is 11.5. The Morgan fingerprint density at radius 1 is 1.39 bits per heavy atom. The Labute approximate surface area is 144 Å². The molecule has 1 fully saturated rings. The maximum absolute atomic E-state index is 12.9. The van der Waals surface area contributed by atoms with E-state index in [1.54, 1.807) is 0 Å². The molecule has 1 unspecified atom stereocenters. The minimum atomic E-state index is -4.12. The third kappa shape index (κ3) is 3.71.